The molecule has 6 heteroatoms. The molecular weight excluding hydrogens is 234 g/mol. The number of carbonyl (C=O) groups is 1. The van der Waals surface area contributed by atoms with Crippen LogP contribution in [-0.2, 0) is 18.2 Å². The summed E-state index contributed by atoms with van der Waals surface area (Å²) in [6.45, 7) is 5.85. The fourth-order valence-electron chi connectivity index (χ4n) is 2.04. The van der Waals surface area contributed by atoms with Crippen LogP contribution >= 0.6 is 0 Å². The van der Waals surface area contributed by atoms with Gasteiger partial charge in [-0.1, -0.05) is 0 Å². The predicted octanol–water partition coefficient (Wildman–Crippen LogP) is 1.20. The van der Waals surface area contributed by atoms with Gasteiger partial charge in [-0.25, -0.2) is 4.79 Å². The van der Waals surface area contributed by atoms with Crippen molar-refractivity contribution in [3.05, 3.63) is 17.5 Å². The molecule has 1 amide bonds. The van der Waals surface area contributed by atoms with Gasteiger partial charge >= 0.3 is 6.09 Å². The van der Waals surface area contributed by atoms with Crippen LogP contribution in [0.4, 0.5) is 4.79 Å². The molecule has 6 nitrogen and oxygen atoms in total. The van der Waals surface area contributed by atoms with Gasteiger partial charge in [-0.05, 0) is 32.8 Å². The Labute approximate surface area is 106 Å². The van der Waals surface area contributed by atoms with Crippen molar-refractivity contribution in [2.75, 3.05) is 6.54 Å². The number of ether oxygens (including phenoxy) is 1. The average Bonchev–Trinajstić information content (AvgIpc) is 2.58. The monoisotopic (exact) mass is 253 g/mol. The molecule has 0 spiro atoms. The standard InChI is InChI=1S/C12H19N3O3/c1-12(2,3)18-11(17)15-6-5-8-7-13-14(4)9(8)10(15)16/h7,10,16H,5-6H2,1-4H3. The lowest BCUT2D eigenvalue weighted by Gasteiger charge is -2.33. The second kappa shape index (κ2) is 4.28. The third-order valence-electron chi connectivity index (χ3n) is 2.85. The van der Waals surface area contributed by atoms with E-state index in [1.807, 2.05) is 0 Å². The summed E-state index contributed by atoms with van der Waals surface area (Å²) in [6.07, 6.45) is 0.919. The molecule has 0 bridgehead atoms. The van der Waals surface area contributed by atoms with Crippen LogP contribution in [0.1, 0.15) is 38.3 Å². The minimum absolute atomic E-state index is 0.439. The van der Waals surface area contributed by atoms with Crippen molar-refractivity contribution < 1.29 is 14.6 Å². The maximum absolute atomic E-state index is 12.0. The van der Waals surface area contributed by atoms with E-state index in [-0.39, 0.29) is 0 Å². The zero-order valence-electron chi connectivity index (χ0n) is 11.2. The molecule has 1 aliphatic heterocycles. The average molecular weight is 253 g/mol. The summed E-state index contributed by atoms with van der Waals surface area (Å²) in [5.41, 5.74) is 1.07. The molecule has 0 aromatic carbocycles. The minimum Gasteiger partial charge on any atom is -0.444 e. The third kappa shape index (κ3) is 2.33. The number of aliphatic hydroxyl groups excluding tert-OH is 1. The number of aryl methyl sites for hydroxylation is 1. The highest BCUT2D eigenvalue weighted by Gasteiger charge is 2.34. The van der Waals surface area contributed by atoms with Crippen LogP contribution in [0.15, 0.2) is 6.20 Å². The van der Waals surface area contributed by atoms with Crippen molar-refractivity contribution >= 4 is 6.09 Å². The van der Waals surface area contributed by atoms with E-state index >= 15 is 0 Å². The SMILES string of the molecule is Cn1ncc2c1C(O)N(C(=O)OC(C)(C)C)CC2. The second-order valence-electron chi connectivity index (χ2n) is 5.48. The van der Waals surface area contributed by atoms with Gasteiger partial charge in [-0.2, -0.15) is 5.10 Å². The van der Waals surface area contributed by atoms with Crippen LogP contribution in [0, 0.1) is 0 Å². The van der Waals surface area contributed by atoms with Crippen LogP contribution in [-0.4, -0.2) is 38.0 Å². The molecule has 0 aliphatic carbocycles. The maximum Gasteiger partial charge on any atom is 0.412 e. The molecular formula is C12H19N3O3. The van der Waals surface area contributed by atoms with Gasteiger partial charge in [0.2, 0.25) is 0 Å². The van der Waals surface area contributed by atoms with Crippen LogP contribution in [0.3, 0.4) is 0 Å². The number of rotatable bonds is 0. The molecule has 0 saturated carbocycles. The van der Waals surface area contributed by atoms with Gasteiger partial charge in [-0.3, -0.25) is 9.58 Å². The Balaban J connectivity index is 2.19. The highest BCUT2D eigenvalue weighted by molar-refractivity contribution is 5.69. The molecule has 2 heterocycles. The largest absolute Gasteiger partial charge is 0.444 e. The topological polar surface area (TPSA) is 67.6 Å². The van der Waals surface area contributed by atoms with Gasteiger partial charge in [0.15, 0.2) is 6.23 Å². The van der Waals surface area contributed by atoms with E-state index in [1.165, 1.54) is 4.90 Å². The number of aromatic nitrogens is 2. The highest BCUT2D eigenvalue weighted by Crippen LogP contribution is 2.28. The molecule has 2 rings (SSSR count). The van der Waals surface area contributed by atoms with Gasteiger partial charge in [0.05, 0.1) is 11.9 Å². The number of carbonyl (C=O) groups excluding carboxylic acids is 1. The van der Waals surface area contributed by atoms with E-state index in [0.29, 0.717) is 18.7 Å². The van der Waals surface area contributed by atoms with Crippen molar-refractivity contribution in [3.63, 3.8) is 0 Å². The molecule has 1 unspecified atom stereocenters. The summed E-state index contributed by atoms with van der Waals surface area (Å²) in [4.78, 5) is 13.3. The first-order valence-electron chi connectivity index (χ1n) is 5.98. The molecule has 18 heavy (non-hydrogen) atoms. The summed E-state index contributed by atoms with van der Waals surface area (Å²) < 4.78 is 6.87. The van der Waals surface area contributed by atoms with E-state index in [4.69, 9.17) is 4.74 Å². The molecule has 1 aromatic heterocycles. The van der Waals surface area contributed by atoms with Gasteiger partial charge in [0.25, 0.3) is 0 Å². The molecule has 0 fully saturated rings. The molecule has 1 aliphatic rings. The maximum atomic E-state index is 12.0. The molecule has 100 valence electrons. The van der Waals surface area contributed by atoms with Crippen LogP contribution in [0.5, 0.6) is 0 Å². The zero-order chi connectivity index (χ0) is 13.5. The van der Waals surface area contributed by atoms with Gasteiger partial charge < -0.3 is 9.84 Å². The number of hydrogen-bond acceptors (Lipinski definition) is 4. The lowest BCUT2D eigenvalue weighted by atomic mass is 10.1. The Morgan fingerprint density at radius 2 is 2.22 bits per heavy atom. The Morgan fingerprint density at radius 3 is 2.83 bits per heavy atom. The van der Waals surface area contributed by atoms with Crippen molar-refractivity contribution in [1.82, 2.24) is 14.7 Å². The Morgan fingerprint density at radius 1 is 1.56 bits per heavy atom. The summed E-state index contributed by atoms with van der Waals surface area (Å²) in [7, 11) is 1.75. The lowest BCUT2D eigenvalue weighted by Crippen LogP contribution is -2.43. The van der Waals surface area contributed by atoms with Crippen LogP contribution in [0.2, 0.25) is 0 Å². The summed E-state index contributed by atoms with van der Waals surface area (Å²) in [5, 5.41) is 14.3. The molecule has 1 N–H and O–H groups in total. The Kier molecular flexibility index (Phi) is 3.06. The van der Waals surface area contributed by atoms with Crippen LogP contribution in [0.25, 0.3) is 0 Å². The van der Waals surface area contributed by atoms with Crippen molar-refractivity contribution in [2.24, 2.45) is 7.05 Å². The molecule has 0 saturated heterocycles. The summed E-state index contributed by atoms with van der Waals surface area (Å²) in [6, 6.07) is 0. The van der Waals surface area contributed by atoms with E-state index in [9.17, 15) is 9.90 Å². The predicted molar refractivity (Wildman–Crippen MR) is 64.8 cm³/mol. The minimum atomic E-state index is -0.990. The van der Waals surface area contributed by atoms with Crippen molar-refractivity contribution in [2.45, 2.75) is 39.0 Å². The first kappa shape index (κ1) is 12.9. The van der Waals surface area contributed by atoms with E-state index in [0.717, 1.165) is 5.56 Å². The second-order valence-corrected chi connectivity index (χ2v) is 5.48. The molecule has 1 aromatic rings. The van der Waals surface area contributed by atoms with E-state index in [1.54, 1.807) is 38.7 Å². The van der Waals surface area contributed by atoms with Gasteiger partial charge in [0.1, 0.15) is 5.60 Å². The number of nitrogens with zero attached hydrogens (tertiary/aromatic N) is 3. The Hall–Kier alpha value is -1.56. The Bertz CT molecular complexity index is 462. The summed E-state index contributed by atoms with van der Waals surface area (Å²) in [5.74, 6) is 0. The highest BCUT2D eigenvalue weighted by atomic mass is 16.6. The smallest absolute Gasteiger partial charge is 0.412 e. The summed E-state index contributed by atoms with van der Waals surface area (Å²) >= 11 is 0. The number of hydrogen-bond donors (Lipinski definition) is 1. The lowest BCUT2D eigenvalue weighted by molar-refractivity contribution is -0.0388. The molecule has 1 atom stereocenters. The van der Waals surface area contributed by atoms with Gasteiger partial charge in [-0.15, -0.1) is 0 Å². The third-order valence-corrected chi connectivity index (χ3v) is 2.85. The fraction of sp³-hybridized carbons (Fsp3) is 0.667. The fourth-order valence-corrected chi connectivity index (χ4v) is 2.04. The quantitative estimate of drug-likeness (QED) is 0.754. The normalized spacial score (nSPS) is 19.6. The van der Waals surface area contributed by atoms with E-state index in [2.05, 4.69) is 5.10 Å². The first-order chi connectivity index (χ1) is 8.29. The van der Waals surface area contributed by atoms with E-state index < -0.39 is 17.9 Å². The van der Waals surface area contributed by atoms with Crippen molar-refractivity contribution in [3.8, 4) is 0 Å². The number of aliphatic hydroxyl groups is 1. The molecule has 0 radical (unpaired) electrons. The zero-order valence-corrected chi connectivity index (χ0v) is 11.2. The van der Waals surface area contributed by atoms with Crippen LogP contribution < -0.4 is 0 Å². The number of amides is 1. The van der Waals surface area contributed by atoms with Crippen molar-refractivity contribution in [1.29, 1.82) is 0 Å². The first-order valence-corrected chi connectivity index (χ1v) is 5.98. The van der Waals surface area contributed by atoms with Gasteiger partial charge in [0, 0.05) is 13.6 Å². The number of fused-ring (bicyclic) bond motifs is 1.